The second-order valence-corrected chi connectivity index (χ2v) is 7.95. The van der Waals surface area contributed by atoms with Crippen molar-refractivity contribution in [3.63, 3.8) is 0 Å². The van der Waals surface area contributed by atoms with Crippen LogP contribution in [0.25, 0.3) is 10.9 Å². The number of fused-ring (bicyclic) bond motifs is 1. The second-order valence-electron chi connectivity index (χ2n) is 6.27. The van der Waals surface area contributed by atoms with Gasteiger partial charge in [-0.2, -0.15) is 0 Å². The van der Waals surface area contributed by atoms with Crippen LogP contribution in [0.4, 0.5) is 14.9 Å². The smallest absolute Gasteiger partial charge is 0.328 e. The van der Waals surface area contributed by atoms with E-state index in [1.807, 2.05) is 4.72 Å². The molecule has 0 radical (unpaired) electrons. The van der Waals surface area contributed by atoms with Crippen molar-refractivity contribution >= 4 is 38.6 Å². The highest BCUT2D eigenvalue weighted by molar-refractivity contribution is 7.90. The number of nitrogens with zero attached hydrogens (tertiary/aromatic N) is 1. The fourth-order valence-corrected chi connectivity index (χ4v) is 3.77. The largest absolute Gasteiger partial charge is 0.340 e. The fourth-order valence-electron chi connectivity index (χ4n) is 2.81. The van der Waals surface area contributed by atoms with E-state index in [0.29, 0.717) is 16.6 Å². The third kappa shape index (κ3) is 4.21. The normalized spacial score (nSPS) is 12.4. The minimum atomic E-state index is -4.01. The summed E-state index contributed by atoms with van der Waals surface area (Å²) < 4.78 is 41.5. The summed E-state index contributed by atoms with van der Waals surface area (Å²) in [5.74, 6) is -0.720. The zero-order valence-electron chi connectivity index (χ0n) is 15.6. The average molecular weight is 418 g/mol. The molecule has 1 aromatic heterocycles. The summed E-state index contributed by atoms with van der Waals surface area (Å²) in [5, 5.41) is 5.27. The number of aromatic nitrogens is 1. The van der Waals surface area contributed by atoms with Crippen molar-refractivity contribution in [2.45, 2.75) is 17.9 Å². The van der Waals surface area contributed by atoms with Gasteiger partial charge in [-0.25, -0.2) is 22.3 Å². The predicted molar refractivity (Wildman–Crippen MR) is 106 cm³/mol. The zero-order chi connectivity index (χ0) is 21.2. The molecule has 1 heterocycles. The number of urea groups is 1. The van der Waals surface area contributed by atoms with Gasteiger partial charge in [-0.15, -0.1) is 0 Å². The highest BCUT2D eigenvalue weighted by Crippen LogP contribution is 2.23. The molecule has 0 aliphatic heterocycles. The molecule has 0 fully saturated rings. The summed E-state index contributed by atoms with van der Waals surface area (Å²) in [5.41, 5.74) is 0.970. The molecule has 152 valence electrons. The second kappa shape index (κ2) is 7.92. The van der Waals surface area contributed by atoms with Gasteiger partial charge in [0.2, 0.25) is 5.91 Å². The number of amides is 3. The number of rotatable bonds is 5. The van der Waals surface area contributed by atoms with Crippen LogP contribution in [0, 0.1) is 5.82 Å². The van der Waals surface area contributed by atoms with Crippen molar-refractivity contribution in [1.29, 1.82) is 0 Å². The van der Waals surface area contributed by atoms with Crippen LogP contribution >= 0.6 is 0 Å². The molecule has 29 heavy (non-hydrogen) atoms. The maximum atomic E-state index is 13.9. The molecule has 0 aliphatic carbocycles. The van der Waals surface area contributed by atoms with Gasteiger partial charge in [0.25, 0.3) is 10.0 Å². The van der Waals surface area contributed by atoms with Crippen molar-refractivity contribution in [2.24, 2.45) is 0 Å². The molecule has 0 unspecified atom stereocenters. The lowest BCUT2D eigenvalue weighted by molar-refractivity contribution is -0.118. The lowest BCUT2D eigenvalue weighted by Gasteiger charge is -2.16. The van der Waals surface area contributed by atoms with Gasteiger partial charge in [-0.1, -0.05) is 6.07 Å². The highest BCUT2D eigenvalue weighted by Gasteiger charge is 2.19. The third-order valence-electron chi connectivity index (χ3n) is 4.39. The van der Waals surface area contributed by atoms with E-state index in [2.05, 4.69) is 10.6 Å². The Balaban J connectivity index is 1.75. The summed E-state index contributed by atoms with van der Waals surface area (Å²) in [6.07, 6.45) is 1.64. The Morgan fingerprint density at radius 2 is 1.76 bits per heavy atom. The van der Waals surface area contributed by atoms with E-state index in [1.54, 1.807) is 35.9 Å². The van der Waals surface area contributed by atoms with Gasteiger partial charge in [0.1, 0.15) is 11.9 Å². The molecule has 3 amide bonds. The van der Waals surface area contributed by atoms with Gasteiger partial charge in [0.05, 0.1) is 10.4 Å². The molecule has 8 nitrogen and oxygen atoms in total. The molecule has 0 aliphatic rings. The predicted octanol–water partition coefficient (Wildman–Crippen LogP) is 2.60. The van der Waals surface area contributed by atoms with Crippen LogP contribution in [0.1, 0.15) is 13.0 Å². The molecule has 0 saturated heterocycles. The van der Waals surface area contributed by atoms with E-state index < -0.39 is 22.1 Å². The van der Waals surface area contributed by atoms with E-state index >= 15 is 0 Å². The van der Waals surface area contributed by atoms with E-state index in [9.17, 15) is 22.4 Å². The van der Waals surface area contributed by atoms with Crippen LogP contribution in [0.5, 0.6) is 0 Å². The molecular weight excluding hydrogens is 399 g/mol. The minimum absolute atomic E-state index is 0.126. The van der Waals surface area contributed by atoms with Gasteiger partial charge in [-0.05, 0) is 49.4 Å². The lowest BCUT2D eigenvalue weighted by atomic mass is 10.2. The van der Waals surface area contributed by atoms with Crippen molar-refractivity contribution in [3.05, 3.63) is 60.5 Å². The topological polar surface area (TPSA) is 109 Å². The first-order chi connectivity index (χ1) is 13.7. The van der Waals surface area contributed by atoms with Crippen LogP contribution < -0.4 is 15.4 Å². The number of anilines is 1. The molecule has 3 N–H and O–H groups in total. The first kappa shape index (κ1) is 20.3. The van der Waals surface area contributed by atoms with Crippen molar-refractivity contribution < 1.29 is 22.4 Å². The summed E-state index contributed by atoms with van der Waals surface area (Å²) in [7, 11) is -2.71. The molecule has 0 bridgehead atoms. The van der Waals surface area contributed by atoms with Gasteiger partial charge < -0.3 is 15.2 Å². The number of halogens is 1. The van der Waals surface area contributed by atoms with Crippen molar-refractivity contribution in [2.75, 3.05) is 12.4 Å². The summed E-state index contributed by atoms with van der Waals surface area (Å²) in [6, 6.07) is 10.1. The first-order valence-electron chi connectivity index (χ1n) is 8.63. The molecule has 0 saturated carbocycles. The number of carbonyl (C=O) groups is 2. The molecule has 10 heteroatoms. The molecule has 2 aromatic carbocycles. The highest BCUT2D eigenvalue weighted by atomic mass is 32.2. The number of carbonyl (C=O) groups excluding carboxylic acids is 2. The van der Waals surface area contributed by atoms with Crippen molar-refractivity contribution in [1.82, 2.24) is 14.6 Å². The average Bonchev–Trinajstić information content (AvgIpc) is 3.12. The fraction of sp³-hybridized carbons (Fsp3) is 0.158. The standard InChI is InChI=1S/C19H19FN4O4S/c1-12(24-11-10-15-16(20)4-3-5-17(15)24)18(25)22-13-6-8-14(9-7-13)29(27,28)23-19(26)21-2/h3-12H,1-2H3,(H,22,25)(H2,21,23,26)/t12-/m1/s1. The number of benzene rings is 2. The SMILES string of the molecule is CNC(=O)NS(=O)(=O)c1ccc(NC(=O)[C@@H](C)n2ccc3c(F)cccc32)cc1. The molecule has 3 rings (SSSR count). The number of hydrogen-bond donors (Lipinski definition) is 3. The summed E-state index contributed by atoms with van der Waals surface area (Å²) >= 11 is 0. The molecule has 1 atom stereocenters. The Labute approximate surface area is 166 Å². The third-order valence-corrected chi connectivity index (χ3v) is 5.74. The Morgan fingerprint density at radius 1 is 1.07 bits per heavy atom. The van der Waals surface area contributed by atoms with Crippen LogP contribution in [0.15, 0.2) is 59.6 Å². The van der Waals surface area contributed by atoms with E-state index in [1.165, 1.54) is 37.4 Å². The maximum absolute atomic E-state index is 13.9. The Morgan fingerprint density at radius 3 is 2.41 bits per heavy atom. The Kier molecular flexibility index (Phi) is 5.55. The van der Waals surface area contributed by atoms with Crippen LogP contribution in [0.2, 0.25) is 0 Å². The molecule has 3 aromatic rings. The van der Waals surface area contributed by atoms with Crippen molar-refractivity contribution in [3.8, 4) is 0 Å². The van der Waals surface area contributed by atoms with Crippen LogP contribution in [0.3, 0.4) is 0 Å². The lowest BCUT2D eigenvalue weighted by Crippen LogP contribution is -2.37. The van der Waals surface area contributed by atoms with E-state index in [4.69, 9.17) is 0 Å². The minimum Gasteiger partial charge on any atom is -0.340 e. The number of sulfonamides is 1. The Bertz CT molecular complexity index is 1170. The molecule has 0 spiro atoms. The number of nitrogens with one attached hydrogen (secondary N) is 3. The number of hydrogen-bond acceptors (Lipinski definition) is 4. The Hall–Kier alpha value is -3.40. The van der Waals surface area contributed by atoms with Gasteiger partial charge in [0, 0.05) is 24.3 Å². The van der Waals surface area contributed by atoms with Gasteiger partial charge in [-0.3, -0.25) is 4.79 Å². The van der Waals surface area contributed by atoms with Gasteiger partial charge >= 0.3 is 6.03 Å². The van der Waals surface area contributed by atoms with Crippen LogP contribution in [-0.2, 0) is 14.8 Å². The van der Waals surface area contributed by atoms with E-state index in [0.717, 1.165) is 0 Å². The van der Waals surface area contributed by atoms with Crippen LogP contribution in [-0.4, -0.2) is 32.0 Å². The molecular formula is C19H19FN4O4S. The van der Waals surface area contributed by atoms with Gasteiger partial charge in [0.15, 0.2) is 0 Å². The van der Waals surface area contributed by atoms with E-state index in [-0.39, 0.29) is 16.6 Å². The summed E-state index contributed by atoms with van der Waals surface area (Å²) in [6.45, 7) is 1.67. The monoisotopic (exact) mass is 418 g/mol. The zero-order valence-corrected chi connectivity index (χ0v) is 16.5. The quantitative estimate of drug-likeness (QED) is 0.592. The first-order valence-corrected chi connectivity index (χ1v) is 10.1. The maximum Gasteiger partial charge on any atom is 0.328 e. The summed E-state index contributed by atoms with van der Waals surface area (Å²) in [4.78, 5) is 23.7.